The third-order valence-electron chi connectivity index (χ3n) is 2.45. The van der Waals surface area contributed by atoms with Gasteiger partial charge in [-0.15, -0.1) is 0 Å². The zero-order valence-corrected chi connectivity index (χ0v) is 12.3. The number of carbonyl (C=O) groups is 1. The number of thiocarbonyl (C=S) groups is 1. The van der Waals surface area contributed by atoms with Crippen molar-refractivity contribution in [3.63, 3.8) is 0 Å². The largest absolute Gasteiger partial charge is 0.480 e. The van der Waals surface area contributed by atoms with Crippen molar-refractivity contribution in [1.82, 2.24) is 20.8 Å². The number of methoxy groups -OCH3 is 1. The van der Waals surface area contributed by atoms with Crippen LogP contribution < -0.4 is 20.9 Å². The molecule has 0 unspecified atom stereocenters. The van der Waals surface area contributed by atoms with Gasteiger partial charge in [0.2, 0.25) is 5.88 Å². The van der Waals surface area contributed by atoms with E-state index in [1.165, 1.54) is 43.8 Å². The molecule has 2 rings (SSSR count). The van der Waals surface area contributed by atoms with Gasteiger partial charge in [0.05, 0.1) is 19.5 Å². The van der Waals surface area contributed by atoms with Crippen molar-refractivity contribution in [3.8, 4) is 5.88 Å². The first-order chi connectivity index (χ1) is 10.6. The van der Waals surface area contributed by atoms with Gasteiger partial charge in [-0.3, -0.25) is 20.6 Å². The van der Waals surface area contributed by atoms with Crippen molar-refractivity contribution < 1.29 is 13.9 Å². The molecular formula is C13H12FN5O2S. The lowest BCUT2D eigenvalue weighted by Crippen LogP contribution is -2.44. The number of aromatic nitrogens is 2. The normalized spacial score (nSPS) is 9.73. The number of hydrogen-bond donors (Lipinski definition) is 3. The molecule has 0 aliphatic carbocycles. The monoisotopic (exact) mass is 321 g/mol. The summed E-state index contributed by atoms with van der Waals surface area (Å²) in [5.74, 6) is -0.663. The molecule has 0 radical (unpaired) electrons. The van der Waals surface area contributed by atoms with Gasteiger partial charge in [0.15, 0.2) is 10.8 Å². The van der Waals surface area contributed by atoms with Gasteiger partial charge in [0.1, 0.15) is 5.82 Å². The first-order valence-corrected chi connectivity index (χ1v) is 6.48. The number of amides is 1. The Morgan fingerprint density at radius 1 is 1.23 bits per heavy atom. The minimum atomic E-state index is -0.533. The van der Waals surface area contributed by atoms with Crippen molar-refractivity contribution in [2.75, 3.05) is 12.4 Å². The highest BCUT2D eigenvalue weighted by atomic mass is 32.1. The molecule has 0 saturated carbocycles. The molecule has 1 amide bonds. The van der Waals surface area contributed by atoms with Crippen molar-refractivity contribution in [3.05, 3.63) is 48.2 Å². The first kappa shape index (κ1) is 15.6. The van der Waals surface area contributed by atoms with Crippen LogP contribution in [0.15, 0.2) is 36.7 Å². The number of ether oxygens (including phenoxy) is 1. The van der Waals surface area contributed by atoms with Gasteiger partial charge in [-0.05, 0) is 36.5 Å². The van der Waals surface area contributed by atoms with Crippen LogP contribution in [-0.2, 0) is 0 Å². The number of carbonyl (C=O) groups excluding carboxylic acids is 1. The number of nitrogens with one attached hydrogen (secondary N) is 3. The summed E-state index contributed by atoms with van der Waals surface area (Å²) >= 11 is 4.99. The minimum absolute atomic E-state index is 0.0661. The fraction of sp³-hybridized carbons (Fsp3) is 0.0769. The third-order valence-corrected chi connectivity index (χ3v) is 2.65. The molecule has 1 heterocycles. The molecule has 1 aromatic heterocycles. The van der Waals surface area contributed by atoms with Gasteiger partial charge in [0, 0.05) is 5.69 Å². The summed E-state index contributed by atoms with van der Waals surface area (Å²) in [7, 11) is 1.42. The summed E-state index contributed by atoms with van der Waals surface area (Å²) in [5.41, 5.74) is 5.50. The zero-order chi connectivity index (χ0) is 15.9. The Bertz CT molecular complexity index is 680. The molecule has 0 bridgehead atoms. The second-order valence-corrected chi connectivity index (χ2v) is 4.40. The Labute approximate surface area is 130 Å². The lowest BCUT2D eigenvalue weighted by atomic mass is 10.3. The maximum atomic E-state index is 12.8. The van der Waals surface area contributed by atoms with E-state index in [0.29, 0.717) is 5.69 Å². The molecule has 0 atom stereocenters. The Morgan fingerprint density at radius 2 is 1.95 bits per heavy atom. The summed E-state index contributed by atoms with van der Waals surface area (Å²) < 4.78 is 17.6. The number of hydrazine groups is 1. The third kappa shape index (κ3) is 4.35. The Balaban J connectivity index is 1.87. The molecule has 0 fully saturated rings. The average molecular weight is 321 g/mol. The average Bonchev–Trinajstić information content (AvgIpc) is 2.55. The maximum absolute atomic E-state index is 12.8. The van der Waals surface area contributed by atoms with Crippen LogP contribution in [0, 0.1) is 5.82 Å². The molecule has 22 heavy (non-hydrogen) atoms. The summed E-state index contributed by atoms with van der Waals surface area (Å²) in [5, 5.41) is 2.91. The van der Waals surface area contributed by atoms with Crippen LogP contribution in [0.3, 0.4) is 0 Å². The minimum Gasteiger partial charge on any atom is -0.480 e. The summed E-state index contributed by atoms with van der Waals surface area (Å²) in [6.07, 6.45) is 2.67. The molecular weight excluding hydrogens is 309 g/mol. The number of benzene rings is 1. The second kappa shape index (κ2) is 7.27. The van der Waals surface area contributed by atoms with Crippen LogP contribution in [0.4, 0.5) is 10.1 Å². The predicted octanol–water partition coefficient (Wildman–Crippen LogP) is 1.26. The van der Waals surface area contributed by atoms with E-state index in [2.05, 4.69) is 26.1 Å². The van der Waals surface area contributed by atoms with E-state index in [1.807, 2.05) is 0 Å². The van der Waals surface area contributed by atoms with Gasteiger partial charge in [-0.2, -0.15) is 0 Å². The lowest BCUT2D eigenvalue weighted by molar-refractivity contribution is 0.0937. The number of nitrogens with zero attached hydrogens (tertiary/aromatic N) is 2. The Hall–Kier alpha value is -2.81. The molecule has 0 aliphatic heterocycles. The quantitative estimate of drug-likeness (QED) is 0.579. The van der Waals surface area contributed by atoms with Crippen LogP contribution in [0.25, 0.3) is 0 Å². The molecule has 9 heteroatoms. The topological polar surface area (TPSA) is 88.2 Å². The van der Waals surface area contributed by atoms with E-state index in [1.54, 1.807) is 0 Å². The standard InChI is InChI=1S/C13H12FN5O2S/c1-21-11-7-15-6-10(17-11)12(20)18-19-13(22)16-9-4-2-8(14)3-5-9/h2-7H,1H3,(H,18,20)(H2,16,19,22). The molecule has 7 nitrogen and oxygen atoms in total. The van der Waals surface area contributed by atoms with E-state index in [4.69, 9.17) is 17.0 Å². The predicted molar refractivity (Wildman–Crippen MR) is 81.8 cm³/mol. The van der Waals surface area contributed by atoms with Gasteiger partial charge in [0.25, 0.3) is 5.91 Å². The summed E-state index contributed by atoms with van der Waals surface area (Å²) in [6, 6.07) is 5.60. The molecule has 2 aromatic rings. The van der Waals surface area contributed by atoms with Crippen LogP contribution in [0.2, 0.25) is 0 Å². The van der Waals surface area contributed by atoms with Crippen molar-refractivity contribution in [2.45, 2.75) is 0 Å². The number of anilines is 1. The summed E-state index contributed by atoms with van der Waals surface area (Å²) in [4.78, 5) is 19.6. The van der Waals surface area contributed by atoms with E-state index in [-0.39, 0.29) is 22.5 Å². The van der Waals surface area contributed by atoms with E-state index in [0.717, 1.165) is 0 Å². The molecule has 0 saturated heterocycles. The number of rotatable bonds is 3. The van der Waals surface area contributed by atoms with Crippen LogP contribution >= 0.6 is 12.2 Å². The van der Waals surface area contributed by atoms with E-state index in [9.17, 15) is 9.18 Å². The highest BCUT2D eigenvalue weighted by Gasteiger charge is 2.09. The van der Waals surface area contributed by atoms with Gasteiger partial charge in [-0.25, -0.2) is 9.37 Å². The molecule has 0 spiro atoms. The van der Waals surface area contributed by atoms with Gasteiger partial charge < -0.3 is 10.1 Å². The zero-order valence-electron chi connectivity index (χ0n) is 11.5. The fourth-order valence-corrected chi connectivity index (χ4v) is 1.60. The molecule has 3 N–H and O–H groups in total. The van der Waals surface area contributed by atoms with Crippen LogP contribution in [0.1, 0.15) is 10.5 Å². The maximum Gasteiger partial charge on any atom is 0.290 e. The number of hydrogen-bond acceptors (Lipinski definition) is 5. The van der Waals surface area contributed by atoms with E-state index < -0.39 is 5.91 Å². The smallest absolute Gasteiger partial charge is 0.290 e. The van der Waals surface area contributed by atoms with E-state index >= 15 is 0 Å². The van der Waals surface area contributed by atoms with Crippen LogP contribution in [0.5, 0.6) is 5.88 Å². The fourth-order valence-electron chi connectivity index (χ4n) is 1.43. The lowest BCUT2D eigenvalue weighted by Gasteiger charge is -2.11. The molecule has 114 valence electrons. The Morgan fingerprint density at radius 3 is 2.64 bits per heavy atom. The Kier molecular flexibility index (Phi) is 5.15. The number of halogens is 1. The SMILES string of the molecule is COc1cncc(C(=O)NNC(=S)Nc2ccc(F)cc2)n1. The van der Waals surface area contributed by atoms with Crippen molar-refractivity contribution in [1.29, 1.82) is 0 Å². The van der Waals surface area contributed by atoms with Crippen LogP contribution in [-0.4, -0.2) is 28.1 Å². The van der Waals surface area contributed by atoms with Crippen molar-refractivity contribution in [2.24, 2.45) is 0 Å². The molecule has 0 aliphatic rings. The summed E-state index contributed by atoms with van der Waals surface area (Å²) in [6.45, 7) is 0. The first-order valence-electron chi connectivity index (χ1n) is 6.07. The highest BCUT2D eigenvalue weighted by molar-refractivity contribution is 7.80. The van der Waals surface area contributed by atoms with Gasteiger partial charge >= 0.3 is 0 Å². The van der Waals surface area contributed by atoms with Gasteiger partial charge in [-0.1, -0.05) is 0 Å². The molecule has 1 aromatic carbocycles. The van der Waals surface area contributed by atoms with Crippen molar-refractivity contribution >= 4 is 28.9 Å². The highest BCUT2D eigenvalue weighted by Crippen LogP contribution is 2.07. The second-order valence-electron chi connectivity index (χ2n) is 3.99.